The Morgan fingerprint density at radius 1 is 0.950 bits per heavy atom. The Hall–Kier alpha value is -4.51. The molecule has 0 aliphatic rings. The van der Waals surface area contributed by atoms with Crippen molar-refractivity contribution in [1.82, 2.24) is 14.8 Å². The highest BCUT2D eigenvalue weighted by Crippen LogP contribution is 2.31. The van der Waals surface area contributed by atoms with Crippen LogP contribution in [0.2, 0.25) is 0 Å². The van der Waals surface area contributed by atoms with Gasteiger partial charge in [0, 0.05) is 16.8 Å². The molecular formula is C29H23F3N4O3S. The lowest BCUT2D eigenvalue weighted by molar-refractivity contribution is -0.137. The average Bonchev–Trinajstić information content (AvgIpc) is 3.37. The topological polar surface area (TPSA) is 78.3 Å². The smallest absolute Gasteiger partial charge is 0.416 e. The normalized spacial score (nSPS) is 11.4. The third-order valence-corrected chi connectivity index (χ3v) is 6.87. The number of methoxy groups -OCH3 is 1. The molecule has 0 bridgehead atoms. The van der Waals surface area contributed by atoms with Gasteiger partial charge in [-0.1, -0.05) is 54.2 Å². The molecule has 0 unspecified atom stereocenters. The quantitative estimate of drug-likeness (QED) is 0.199. The molecular weight excluding hydrogens is 541 g/mol. The number of aromatic nitrogens is 3. The number of thioether (sulfide) groups is 1. The van der Waals surface area contributed by atoms with Crippen LogP contribution >= 0.6 is 11.8 Å². The summed E-state index contributed by atoms with van der Waals surface area (Å²) in [5.74, 6) is 1.27. The van der Waals surface area contributed by atoms with Crippen LogP contribution in [0.4, 0.5) is 18.9 Å². The van der Waals surface area contributed by atoms with Gasteiger partial charge in [-0.25, -0.2) is 0 Å². The molecule has 0 spiro atoms. The van der Waals surface area contributed by atoms with Gasteiger partial charge in [-0.05, 0) is 53.9 Å². The van der Waals surface area contributed by atoms with Gasteiger partial charge < -0.3 is 14.8 Å². The summed E-state index contributed by atoms with van der Waals surface area (Å²) in [5, 5.41) is 13.5. The Labute approximate surface area is 231 Å². The summed E-state index contributed by atoms with van der Waals surface area (Å²) >= 11 is 1.10. The highest BCUT2D eigenvalue weighted by atomic mass is 32.2. The van der Waals surface area contributed by atoms with Gasteiger partial charge in [0.05, 0.1) is 18.4 Å². The highest BCUT2D eigenvalue weighted by molar-refractivity contribution is 7.99. The van der Waals surface area contributed by atoms with E-state index < -0.39 is 17.6 Å². The van der Waals surface area contributed by atoms with Crippen LogP contribution in [0.3, 0.4) is 0 Å². The van der Waals surface area contributed by atoms with Gasteiger partial charge in [0.15, 0.2) is 11.0 Å². The Balaban J connectivity index is 1.35. The van der Waals surface area contributed by atoms with E-state index in [1.54, 1.807) is 23.8 Å². The van der Waals surface area contributed by atoms with Crippen LogP contribution in [-0.4, -0.2) is 33.5 Å². The Morgan fingerprint density at radius 2 is 1.70 bits per heavy atom. The molecule has 0 aliphatic carbocycles. The summed E-state index contributed by atoms with van der Waals surface area (Å²) in [7, 11) is 1.57. The minimum absolute atomic E-state index is 0.0567. The molecule has 1 amide bonds. The van der Waals surface area contributed by atoms with Gasteiger partial charge in [0.25, 0.3) is 0 Å². The van der Waals surface area contributed by atoms with Crippen LogP contribution in [0, 0.1) is 0 Å². The van der Waals surface area contributed by atoms with Crippen molar-refractivity contribution in [2.45, 2.75) is 17.9 Å². The van der Waals surface area contributed by atoms with E-state index in [2.05, 4.69) is 15.5 Å². The van der Waals surface area contributed by atoms with Crippen LogP contribution in [0.15, 0.2) is 96.2 Å². The first-order valence-corrected chi connectivity index (χ1v) is 13.1. The molecule has 1 aromatic heterocycles. The molecule has 5 rings (SSSR count). The highest BCUT2D eigenvalue weighted by Gasteiger charge is 2.30. The minimum Gasteiger partial charge on any atom is -0.497 e. The second-order valence-corrected chi connectivity index (χ2v) is 9.56. The van der Waals surface area contributed by atoms with Crippen molar-refractivity contribution < 1.29 is 27.4 Å². The second kappa shape index (κ2) is 11.7. The number of amides is 1. The molecule has 0 saturated carbocycles. The van der Waals surface area contributed by atoms with E-state index in [1.807, 2.05) is 54.6 Å². The summed E-state index contributed by atoms with van der Waals surface area (Å²) in [6.07, 6.45) is -4.51. The van der Waals surface area contributed by atoms with Gasteiger partial charge in [0.2, 0.25) is 5.91 Å². The number of anilines is 1. The maximum atomic E-state index is 13.0. The van der Waals surface area contributed by atoms with Crippen molar-refractivity contribution in [3.63, 3.8) is 0 Å². The van der Waals surface area contributed by atoms with E-state index in [0.29, 0.717) is 22.5 Å². The molecule has 4 aromatic carbocycles. The number of rotatable bonds is 9. The number of benzene rings is 4. The molecule has 5 aromatic rings. The number of ether oxygens (including phenoxy) is 2. The maximum absolute atomic E-state index is 13.0. The SMILES string of the molecule is COc1ccc(-n2c(COc3cccc4ccccc34)nnc2SCC(=O)Nc2cccc(C(F)(F)F)c2)cc1. The number of alkyl halides is 3. The second-order valence-electron chi connectivity index (χ2n) is 8.61. The lowest BCUT2D eigenvalue weighted by Gasteiger charge is -2.13. The molecule has 204 valence electrons. The summed E-state index contributed by atoms with van der Waals surface area (Å²) in [4.78, 5) is 12.6. The number of nitrogens with one attached hydrogen (secondary N) is 1. The number of halogens is 3. The molecule has 7 nitrogen and oxygen atoms in total. The predicted molar refractivity (Wildman–Crippen MR) is 147 cm³/mol. The number of nitrogens with zero attached hydrogens (tertiary/aromatic N) is 3. The number of fused-ring (bicyclic) bond motifs is 1. The zero-order valence-electron chi connectivity index (χ0n) is 21.2. The zero-order chi connectivity index (χ0) is 28.1. The molecule has 0 aliphatic heterocycles. The fourth-order valence-corrected chi connectivity index (χ4v) is 4.81. The maximum Gasteiger partial charge on any atom is 0.416 e. The van der Waals surface area contributed by atoms with Crippen LogP contribution in [0.1, 0.15) is 11.4 Å². The van der Waals surface area contributed by atoms with E-state index >= 15 is 0 Å². The van der Waals surface area contributed by atoms with E-state index in [-0.39, 0.29) is 18.0 Å². The summed E-state index contributed by atoms with van der Waals surface area (Å²) in [6, 6.07) is 25.4. The van der Waals surface area contributed by atoms with E-state index in [9.17, 15) is 18.0 Å². The number of hydrogen-bond acceptors (Lipinski definition) is 6. The van der Waals surface area contributed by atoms with E-state index in [1.165, 1.54) is 12.1 Å². The van der Waals surface area contributed by atoms with Crippen LogP contribution in [0.5, 0.6) is 11.5 Å². The third-order valence-electron chi connectivity index (χ3n) is 5.94. The van der Waals surface area contributed by atoms with Gasteiger partial charge in [0.1, 0.15) is 18.1 Å². The molecule has 1 heterocycles. The van der Waals surface area contributed by atoms with Crippen molar-refractivity contribution in [3.8, 4) is 17.2 Å². The van der Waals surface area contributed by atoms with Crippen LogP contribution < -0.4 is 14.8 Å². The van der Waals surface area contributed by atoms with Gasteiger partial charge in [-0.15, -0.1) is 10.2 Å². The lowest BCUT2D eigenvalue weighted by Crippen LogP contribution is -2.15. The zero-order valence-corrected chi connectivity index (χ0v) is 22.0. The molecule has 0 radical (unpaired) electrons. The number of carbonyl (C=O) groups excluding carboxylic acids is 1. The monoisotopic (exact) mass is 564 g/mol. The molecule has 1 N–H and O–H groups in total. The van der Waals surface area contributed by atoms with Gasteiger partial charge in [-0.2, -0.15) is 13.2 Å². The number of hydrogen-bond donors (Lipinski definition) is 1. The Kier molecular flexibility index (Phi) is 7.92. The predicted octanol–water partition coefficient (Wildman–Crippen LogP) is 6.76. The minimum atomic E-state index is -4.51. The van der Waals surface area contributed by atoms with Crippen molar-refractivity contribution in [3.05, 3.63) is 102 Å². The van der Waals surface area contributed by atoms with E-state index in [0.717, 1.165) is 40.4 Å². The molecule has 11 heteroatoms. The standard InChI is InChI=1S/C29H23F3N4O3S/c1-38-23-14-12-22(13-15-23)36-26(17-39-25-11-4-7-19-6-2-3-10-24(19)25)34-35-28(36)40-18-27(37)33-21-9-5-8-20(16-21)29(30,31)32/h2-16H,17-18H2,1H3,(H,33,37). The van der Waals surface area contributed by atoms with Crippen LogP contribution in [0.25, 0.3) is 16.5 Å². The molecule has 40 heavy (non-hydrogen) atoms. The van der Waals surface area contributed by atoms with Crippen molar-refractivity contribution in [1.29, 1.82) is 0 Å². The van der Waals surface area contributed by atoms with Gasteiger partial charge >= 0.3 is 6.18 Å². The molecule has 0 fully saturated rings. The van der Waals surface area contributed by atoms with E-state index in [4.69, 9.17) is 9.47 Å². The van der Waals surface area contributed by atoms with Crippen LogP contribution in [-0.2, 0) is 17.6 Å². The lowest BCUT2D eigenvalue weighted by atomic mass is 10.1. The summed E-state index contributed by atoms with van der Waals surface area (Å²) in [5.41, 5.74) is -0.0580. The third kappa shape index (κ3) is 6.20. The summed E-state index contributed by atoms with van der Waals surface area (Å²) in [6.45, 7) is 0.101. The number of carbonyl (C=O) groups is 1. The Bertz CT molecular complexity index is 1630. The molecule has 0 atom stereocenters. The first-order valence-electron chi connectivity index (χ1n) is 12.1. The van der Waals surface area contributed by atoms with Crippen molar-refractivity contribution in [2.75, 3.05) is 18.2 Å². The van der Waals surface area contributed by atoms with Crippen molar-refractivity contribution >= 4 is 34.1 Å². The molecule has 0 saturated heterocycles. The first-order chi connectivity index (χ1) is 19.3. The fourth-order valence-electron chi connectivity index (χ4n) is 4.04. The Morgan fingerprint density at radius 3 is 2.48 bits per heavy atom. The summed E-state index contributed by atoms with van der Waals surface area (Å²) < 4.78 is 52.3. The average molecular weight is 565 g/mol. The first kappa shape index (κ1) is 27.1. The van der Waals surface area contributed by atoms with Gasteiger partial charge in [-0.3, -0.25) is 9.36 Å². The van der Waals surface area contributed by atoms with Crippen molar-refractivity contribution in [2.24, 2.45) is 0 Å². The fraction of sp³-hybridized carbons (Fsp3) is 0.138. The largest absolute Gasteiger partial charge is 0.497 e.